The van der Waals surface area contributed by atoms with Crippen molar-refractivity contribution in [2.24, 2.45) is 12.0 Å². The lowest BCUT2D eigenvalue weighted by Gasteiger charge is -2.21. The molecular weight excluding hydrogens is 481 g/mol. The Morgan fingerprint density at radius 1 is 1.34 bits per heavy atom. The quantitative estimate of drug-likeness (QED) is 0.354. The zero-order chi connectivity index (χ0) is 19.9. The number of anilines is 1. The lowest BCUT2D eigenvalue weighted by molar-refractivity contribution is -0.116. The fourth-order valence-corrected chi connectivity index (χ4v) is 3.31. The summed E-state index contributed by atoms with van der Waals surface area (Å²) in [4.78, 5) is 23.2. The molecule has 3 rings (SSSR count). The molecule has 1 fully saturated rings. The van der Waals surface area contributed by atoms with E-state index in [1.807, 2.05) is 37.0 Å². The summed E-state index contributed by atoms with van der Waals surface area (Å²) in [5.74, 6) is 1.83. The number of amides is 1. The van der Waals surface area contributed by atoms with Crippen LogP contribution in [0.15, 0.2) is 35.7 Å². The van der Waals surface area contributed by atoms with Gasteiger partial charge >= 0.3 is 0 Å². The van der Waals surface area contributed by atoms with Gasteiger partial charge in [-0.05, 0) is 37.5 Å². The van der Waals surface area contributed by atoms with Crippen molar-refractivity contribution in [2.75, 3.05) is 31.5 Å². The maximum Gasteiger partial charge on any atom is 0.227 e. The fourth-order valence-electron chi connectivity index (χ4n) is 3.31. The third-order valence-electron chi connectivity index (χ3n) is 4.80. The van der Waals surface area contributed by atoms with Crippen LogP contribution >= 0.6 is 24.0 Å². The fraction of sp³-hybridized carbons (Fsp3) is 0.500. The van der Waals surface area contributed by atoms with E-state index < -0.39 is 0 Å². The van der Waals surface area contributed by atoms with Crippen LogP contribution in [0, 0.1) is 6.92 Å². The summed E-state index contributed by atoms with van der Waals surface area (Å²) in [5, 5.41) is 10.4. The summed E-state index contributed by atoms with van der Waals surface area (Å²) >= 11 is 0. The molecule has 1 aliphatic heterocycles. The van der Waals surface area contributed by atoms with Crippen LogP contribution in [0.2, 0.25) is 0 Å². The van der Waals surface area contributed by atoms with E-state index in [2.05, 4.69) is 43.7 Å². The van der Waals surface area contributed by atoms with Crippen molar-refractivity contribution in [1.82, 2.24) is 25.0 Å². The van der Waals surface area contributed by atoms with E-state index >= 15 is 0 Å². The number of nitrogens with one attached hydrogen (secondary N) is 2. The number of carbonyl (C=O) groups excluding carboxylic acids is 1. The highest BCUT2D eigenvalue weighted by Crippen LogP contribution is 2.26. The van der Waals surface area contributed by atoms with E-state index in [0.717, 1.165) is 37.6 Å². The van der Waals surface area contributed by atoms with E-state index in [0.29, 0.717) is 24.7 Å². The van der Waals surface area contributed by atoms with E-state index in [1.54, 1.807) is 6.20 Å². The van der Waals surface area contributed by atoms with Crippen molar-refractivity contribution in [3.63, 3.8) is 0 Å². The minimum Gasteiger partial charge on any atom is -0.357 e. The number of aromatic nitrogens is 3. The van der Waals surface area contributed by atoms with Crippen molar-refractivity contribution in [1.29, 1.82) is 0 Å². The number of halogens is 1. The minimum atomic E-state index is -0.0781. The van der Waals surface area contributed by atoms with Gasteiger partial charge in [0, 0.05) is 51.4 Å². The second-order valence-electron chi connectivity index (χ2n) is 7.13. The zero-order valence-corrected chi connectivity index (χ0v) is 19.6. The summed E-state index contributed by atoms with van der Waals surface area (Å²) in [6, 6.07) is 3.74. The largest absolute Gasteiger partial charge is 0.357 e. The second kappa shape index (κ2) is 11.1. The molecule has 9 heteroatoms. The van der Waals surface area contributed by atoms with E-state index in [-0.39, 0.29) is 29.9 Å². The maximum atomic E-state index is 12.1. The molecule has 0 saturated carbocycles. The first-order valence-electron chi connectivity index (χ1n) is 9.79. The average molecular weight is 511 g/mol. The highest BCUT2D eigenvalue weighted by molar-refractivity contribution is 14.0. The molecule has 3 heterocycles. The molecule has 8 nitrogen and oxygen atoms in total. The minimum absolute atomic E-state index is 0. The van der Waals surface area contributed by atoms with Crippen LogP contribution in [0.4, 0.5) is 5.82 Å². The number of aliphatic imine (C=N–C) groups is 1. The highest BCUT2D eigenvalue weighted by Gasteiger charge is 2.26. The molecule has 0 aromatic carbocycles. The molecule has 2 aromatic heterocycles. The molecule has 158 valence electrons. The van der Waals surface area contributed by atoms with Crippen molar-refractivity contribution < 1.29 is 4.79 Å². The van der Waals surface area contributed by atoms with Gasteiger partial charge in [-0.15, -0.1) is 24.0 Å². The van der Waals surface area contributed by atoms with E-state index in [4.69, 9.17) is 0 Å². The molecular formula is C20H30IN7O. The number of hydrogen-bond donors (Lipinski definition) is 2. The lowest BCUT2D eigenvalue weighted by atomic mass is 10.0. The summed E-state index contributed by atoms with van der Waals surface area (Å²) in [6.45, 7) is 7.12. The first-order valence-corrected chi connectivity index (χ1v) is 9.79. The first-order chi connectivity index (χ1) is 13.5. The average Bonchev–Trinajstić information content (AvgIpc) is 3.32. The number of aryl methyl sites for hydroxylation is 2. The molecule has 1 unspecified atom stereocenters. The Morgan fingerprint density at radius 3 is 2.83 bits per heavy atom. The summed E-state index contributed by atoms with van der Waals surface area (Å²) in [6.07, 6.45) is 7.17. The molecule has 2 N–H and O–H groups in total. The Labute approximate surface area is 189 Å². The van der Waals surface area contributed by atoms with Gasteiger partial charge in [0.2, 0.25) is 5.91 Å². The monoisotopic (exact) mass is 511 g/mol. The first kappa shape index (κ1) is 23.1. The topological polar surface area (TPSA) is 87.4 Å². The van der Waals surface area contributed by atoms with Crippen molar-refractivity contribution in [3.05, 3.63) is 41.9 Å². The van der Waals surface area contributed by atoms with Crippen LogP contribution in [-0.2, 0) is 11.8 Å². The maximum absolute atomic E-state index is 12.1. The number of carbonyl (C=O) groups is 1. The van der Waals surface area contributed by atoms with Gasteiger partial charge in [0.25, 0.3) is 0 Å². The van der Waals surface area contributed by atoms with Gasteiger partial charge in [0.05, 0.1) is 12.7 Å². The second-order valence-corrected chi connectivity index (χ2v) is 7.13. The van der Waals surface area contributed by atoms with Crippen LogP contribution in [-0.4, -0.2) is 57.7 Å². The third kappa shape index (κ3) is 6.69. The Morgan fingerprint density at radius 2 is 2.17 bits per heavy atom. The van der Waals surface area contributed by atoms with Crippen LogP contribution in [0.3, 0.4) is 0 Å². The molecule has 2 aromatic rings. The van der Waals surface area contributed by atoms with Gasteiger partial charge in [-0.2, -0.15) is 5.10 Å². The van der Waals surface area contributed by atoms with Gasteiger partial charge in [0.1, 0.15) is 5.82 Å². The van der Waals surface area contributed by atoms with Crippen LogP contribution in [0.5, 0.6) is 0 Å². The van der Waals surface area contributed by atoms with Crippen LogP contribution in [0.1, 0.15) is 36.8 Å². The molecule has 0 bridgehead atoms. The number of likely N-dealkylation sites (tertiary alicyclic amines) is 1. The SMILES string of the molecule is CCNC(=NCCC(=O)Nc1ccc(C)cn1)N1CCC(c2cnn(C)c2)C1.I. The summed E-state index contributed by atoms with van der Waals surface area (Å²) in [7, 11) is 1.94. The Hall–Kier alpha value is -2.17. The highest BCUT2D eigenvalue weighted by atomic mass is 127. The van der Waals surface area contributed by atoms with Crippen molar-refractivity contribution >= 4 is 41.7 Å². The Kier molecular flexibility index (Phi) is 8.87. The zero-order valence-electron chi connectivity index (χ0n) is 17.3. The van der Waals surface area contributed by atoms with Crippen molar-refractivity contribution in [3.8, 4) is 0 Å². The normalized spacial score (nSPS) is 16.4. The predicted molar refractivity (Wildman–Crippen MR) is 126 cm³/mol. The lowest BCUT2D eigenvalue weighted by Crippen LogP contribution is -2.40. The Bertz CT molecular complexity index is 818. The summed E-state index contributed by atoms with van der Waals surface area (Å²) < 4.78 is 1.85. The van der Waals surface area contributed by atoms with Gasteiger partial charge in [-0.1, -0.05) is 6.07 Å². The predicted octanol–water partition coefficient (Wildman–Crippen LogP) is 2.53. The van der Waals surface area contributed by atoms with Gasteiger partial charge in [-0.25, -0.2) is 4.98 Å². The van der Waals surface area contributed by atoms with Gasteiger partial charge < -0.3 is 15.5 Å². The van der Waals surface area contributed by atoms with E-state index in [9.17, 15) is 4.79 Å². The summed E-state index contributed by atoms with van der Waals surface area (Å²) in [5.41, 5.74) is 2.33. The molecule has 29 heavy (non-hydrogen) atoms. The van der Waals surface area contributed by atoms with Gasteiger partial charge in [-0.3, -0.25) is 14.5 Å². The number of nitrogens with zero attached hydrogens (tertiary/aromatic N) is 5. The number of pyridine rings is 1. The molecule has 0 aliphatic carbocycles. The van der Waals surface area contributed by atoms with Gasteiger partial charge in [0.15, 0.2) is 5.96 Å². The third-order valence-corrected chi connectivity index (χ3v) is 4.80. The van der Waals surface area contributed by atoms with E-state index in [1.165, 1.54) is 5.56 Å². The molecule has 1 saturated heterocycles. The number of hydrogen-bond acceptors (Lipinski definition) is 4. The number of guanidine groups is 1. The molecule has 1 atom stereocenters. The standard InChI is InChI=1S/C20H29N7O.HI/c1-4-21-20(27-10-8-16(14-27)17-12-24-26(3)13-17)22-9-7-19(28)25-18-6-5-15(2)11-23-18;/h5-6,11-13,16H,4,7-10,14H2,1-3H3,(H,21,22)(H,23,25,28);1H. The van der Waals surface area contributed by atoms with Crippen LogP contribution in [0.25, 0.3) is 0 Å². The molecule has 0 spiro atoms. The Balaban J connectivity index is 0.00000300. The number of rotatable bonds is 6. The smallest absolute Gasteiger partial charge is 0.227 e. The van der Waals surface area contributed by atoms with Crippen molar-refractivity contribution in [2.45, 2.75) is 32.6 Å². The molecule has 0 radical (unpaired) electrons. The van der Waals surface area contributed by atoms with Crippen LogP contribution < -0.4 is 10.6 Å². The molecule has 1 amide bonds. The molecule has 1 aliphatic rings.